The molecule has 0 saturated carbocycles. The molecule has 0 unspecified atom stereocenters. The summed E-state index contributed by atoms with van der Waals surface area (Å²) in [5, 5.41) is 0. The van der Waals surface area contributed by atoms with Crippen molar-refractivity contribution in [3.63, 3.8) is 0 Å². The van der Waals surface area contributed by atoms with Gasteiger partial charge >= 0.3 is 13.5 Å². The van der Waals surface area contributed by atoms with Gasteiger partial charge in [0.05, 0.1) is 16.1 Å². The minimum Gasteiger partial charge on any atom is -0.405 e. The van der Waals surface area contributed by atoms with Crippen LogP contribution in [0.1, 0.15) is 48.5 Å². The summed E-state index contributed by atoms with van der Waals surface area (Å²) in [6.45, 7) is 13.3. The summed E-state index contributed by atoms with van der Waals surface area (Å²) >= 11 is 1.09. The summed E-state index contributed by atoms with van der Waals surface area (Å²) in [5.74, 6) is -0.286. The highest BCUT2D eigenvalue weighted by atomic mass is 32.2. The summed E-state index contributed by atoms with van der Waals surface area (Å²) < 4.78 is 57.6. The highest BCUT2D eigenvalue weighted by Crippen LogP contribution is 2.38. The monoisotopic (exact) mass is 391 g/mol. The fourth-order valence-corrected chi connectivity index (χ4v) is 2.90. The first kappa shape index (κ1) is 21.4. The van der Waals surface area contributed by atoms with E-state index in [0.717, 1.165) is 11.9 Å². The summed E-state index contributed by atoms with van der Waals surface area (Å²) in [6.07, 6.45) is -4.79. The van der Waals surface area contributed by atoms with Gasteiger partial charge in [-0.15, -0.1) is 13.2 Å². The molecule has 1 aromatic carbocycles. The van der Waals surface area contributed by atoms with E-state index >= 15 is 0 Å². The Bertz CT molecular complexity index is 644. The van der Waals surface area contributed by atoms with Gasteiger partial charge in [0.15, 0.2) is 0 Å². The van der Waals surface area contributed by atoms with Crippen LogP contribution in [0.25, 0.3) is 0 Å². The Morgan fingerprint density at radius 3 is 2.04 bits per heavy atom. The standard InChI is InChI=1S/C17H25BF3NO3S/c1-14(2,3)22-26-13-9-8-11(10-12(13)23-17(19,20)21)18-24-15(4,5)16(6,7)25-18/h8-10,22H,1-7H3. The third kappa shape index (κ3) is 5.31. The summed E-state index contributed by atoms with van der Waals surface area (Å²) in [5.41, 5.74) is -0.957. The highest BCUT2D eigenvalue weighted by molar-refractivity contribution is 7.97. The van der Waals surface area contributed by atoms with Crippen molar-refractivity contribution in [1.29, 1.82) is 0 Å². The summed E-state index contributed by atoms with van der Waals surface area (Å²) in [4.78, 5) is 0.331. The topological polar surface area (TPSA) is 39.7 Å². The van der Waals surface area contributed by atoms with E-state index in [1.165, 1.54) is 6.07 Å². The maximum Gasteiger partial charge on any atom is 0.573 e. The van der Waals surface area contributed by atoms with E-state index in [1.807, 2.05) is 48.5 Å². The van der Waals surface area contributed by atoms with E-state index in [0.29, 0.717) is 10.4 Å². The molecular formula is C17H25BF3NO3S. The quantitative estimate of drug-likeness (QED) is 0.613. The van der Waals surface area contributed by atoms with Crippen molar-refractivity contribution in [3.8, 4) is 5.75 Å². The maximum atomic E-state index is 12.8. The van der Waals surface area contributed by atoms with Crippen LogP contribution in [0.5, 0.6) is 5.75 Å². The number of hydrogen-bond donors (Lipinski definition) is 1. The molecule has 26 heavy (non-hydrogen) atoms. The molecule has 0 aliphatic carbocycles. The molecule has 0 bridgehead atoms. The van der Waals surface area contributed by atoms with Gasteiger partial charge in [0.25, 0.3) is 0 Å². The molecule has 1 aromatic rings. The van der Waals surface area contributed by atoms with E-state index in [-0.39, 0.29) is 11.3 Å². The molecule has 1 saturated heterocycles. The van der Waals surface area contributed by atoms with Crippen molar-refractivity contribution < 1.29 is 27.2 Å². The molecule has 9 heteroatoms. The lowest BCUT2D eigenvalue weighted by atomic mass is 9.79. The first-order valence-electron chi connectivity index (χ1n) is 8.29. The van der Waals surface area contributed by atoms with Gasteiger partial charge in [0.2, 0.25) is 0 Å². The van der Waals surface area contributed by atoms with Gasteiger partial charge in [0.1, 0.15) is 5.75 Å². The third-order valence-electron chi connectivity index (χ3n) is 4.19. The Labute approximate surface area is 157 Å². The SMILES string of the molecule is CC(C)(C)NSc1ccc(B2OC(C)(C)C(C)(C)O2)cc1OC(F)(F)F. The summed E-state index contributed by atoms with van der Waals surface area (Å²) in [6, 6.07) is 4.59. The first-order valence-corrected chi connectivity index (χ1v) is 9.11. The molecule has 2 rings (SSSR count). The van der Waals surface area contributed by atoms with Crippen LogP contribution in [-0.2, 0) is 9.31 Å². The Balaban J connectivity index is 2.31. The zero-order chi connectivity index (χ0) is 20.0. The van der Waals surface area contributed by atoms with E-state index in [1.54, 1.807) is 12.1 Å². The van der Waals surface area contributed by atoms with Crippen molar-refractivity contribution in [2.24, 2.45) is 0 Å². The van der Waals surface area contributed by atoms with Crippen LogP contribution in [0, 0.1) is 0 Å². The molecule has 0 aromatic heterocycles. The molecule has 0 radical (unpaired) electrons. The van der Waals surface area contributed by atoms with Crippen molar-refractivity contribution in [2.75, 3.05) is 0 Å². The van der Waals surface area contributed by atoms with Gasteiger partial charge in [-0.2, -0.15) is 0 Å². The maximum absolute atomic E-state index is 12.8. The molecule has 0 atom stereocenters. The predicted octanol–water partition coefficient (Wildman–Crippen LogP) is 4.28. The van der Waals surface area contributed by atoms with E-state index in [4.69, 9.17) is 9.31 Å². The molecular weight excluding hydrogens is 366 g/mol. The van der Waals surface area contributed by atoms with Crippen molar-refractivity contribution in [1.82, 2.24) is 4.72 Å². The van der Waals surface area contributed by atoms with Crippen molar-refractivity contribution in [2.45, 2.75) is 76.5 Å². The van der Waals surface area contributed by atoms with Crippen LogP contribution in [0.15, 0.2) is 23.1 Å². The average Bonchev–Trinajstić information content (AvgIpc) is 2.63. The van der Waals surface area contributed by atoms with Gasteiger partial charge in [-0.1, -0.05) is 6.07 Å². The average molecular weight is 391 g/mol. The summed E-state index contributed by atoms with van der Waals surface area (Å²) in [7, 11) is -0.759. The van der Waals surface area contributed by atoms with Crippen LogP contribution >= 0.6 is 11.9 Å². The van der Waals surface area contributed by atoms with Gasteiger partial charge < -0.3 is 14.0 Å². The van der Waals surface area contributed by atoms with Crippen molar-refractivity contribution in [3.05, 3.63) is 18.2 Å². The number of hydrogen-bond acceptors (Lipinski definition) is 5. The van der Waals surface area contributed by atoms with Crippen LogP contribution < -0.4 is 14.9 Å². The Morgan fingerprint density at radius 2 is 1.58 bits per heavy atom. The number of alkyl halides is 3. The molecule has 0 amide bonds. The van der Waals surface area contributed by atoms with Crippen LogP contribution in [0.3, 0.4) is 0 Å². The van der Waals surface area contributed by atoms with E-state index in [9.17, 15) is 13.2 Å². The van der Waals surface area contributed by atoms with Crippen LogP contribution in [0.4, 0.5) is 13.2 Å². The lowest BCUT2D eigenvalue weighted by molar-refractivity contribution is -0.275. The minimum atomic E-state index is -4.79. The predicted molar refractivity (Wildman–Crippen MR) is 97.6 cm³/mol. The minimum absolute atomic E-state index is 0.273. The fraction of sp³-hybridized carbons (Fsp3) is 0.647. The number of benzene rings is 1. The second kappa shape index (κ2) is 6.93. The molecule has 1 N–H and O–H groups in total. The second-order valence-electron chi connectivity index (χ2n) is 8.30. The molecule has 1 fully saturated rings. The van der Waals surface area contributed by atoms with E-state index < -0.39 is 24.7 Å². The number of ether oxygens (including phenoxy) is 1. The zero-order valence-corrected chi connectivity index (χ0v) is 16.9. The van der Waals surface area contributed by atoms with Crippen LogP contribution in [0.2, 0.25) is 0 Å². The number of halogens is 3. The Morgan fingerprint density at radius 1 is 1.04 bits per heavy atom. The second-order valence-corrected chi connectivity index (χ2v) is 9.14. The Kier molecular flexibility index (Phi) is 5.70. The zero-order valence-electron chi connectivity index (χ0n) is 16.1. The van der Waals surface area contributed by atoms with Gasteiger partial charge in [-0.25, -0.2) is 0 Å². The molecule has 1 aliphatic rings. The van der Waals surface area contributed by atoms with Gasteiger partial charge in [-0.05, 0) is 78.0 Å². The van der Waals surface area contributed by atoms with E-state index in [2.05, 4.69) is 9.46 Å². The van der Waals surface area contributed by atoms with Gasteiger partial charge in [-0.3, -0.25) is 4.72 Å². The lowest BCUT2D eigenvalue weighted by Crippen LogP contribution is -2.41. The normalized spacial score (nSPS) is 19.7. The molecule has 0 spiro atoms. The highest BCUT2D eigenvalue weighted by Gasteiger charge is 2.52. The van der Waals surface area contributed by atoms with Crippen molar-refractivity contribution >= 4 is 24.5 Å². The van der Waals surface area contributed by atoms with Crippen LogP contribution in [-0.4, -0.2) is 30.2 Å². The first-order chi connectivity index (χ1) is 11.6. The Hall–Kier alpha value is -0.895. The number of rotatable bonds is 4. The van der Waals surface area contributed by atoms with Gasteiger partial charge in [0, 0.05) is 5.54 Å². The largest absolute Gasteiger partial charge is 0.573 e. The number of nitrogens with one attached hydrogen (secondary N) is 1. The third-order valence-corrected chi connectivity index (χ3v) is 5.46. The smallest absolute Gasteiger partial charge is 0.405 e. The fourth-order valence-electron chi connectivity index (χ4n) is 2.15. The molecule has 4 nitrogen and oxygen atoms in total. The molecule has 1 aliphatic heterocycles. The lowest BCUT2D eigenvalue weighted by Gasteiger charge is -2.32. The molecule has 1 heterocycles. The molecule has 146 valence electrons.